The third kappa shape index (κ3) is 2.20. The van der Waals surface area contributed by atoms with Crippen molar-refractivity contribution in [2.75, 3.05) is 25.0 Å². The highest BCUT2D eigenvalue weighted by atomic mass is 16.2. The Hall–Kier alpha value is -1.56. The van der Waals surface area contributed by atoms with E-state index in [0.717, 1.165) is 30.5 Å². The molecule has 100 valence electrons. The summed E-state index contributed by atoms with van der Waals surface area (Å²) in [6.45, 7) is 1.95. The van der Waals surface area contributed by atoms with E-state index in [1.807, 2.05) is 11.9 Å². The average Bonchev–Trinajstić information content (AvgIpc) is 2.41. The molecule has 0 spiro atoms. The molecule has 18 heavy (non-hydrogen) atoms. The van der Waals surface area contributed by atoms with Crippen molar-refractivity contribution < 1.29 is 0 Å². The summed E-state index contributed by atoms with van der Waals surface area (Å²) >= 11 is 0. The van der Waals surface area contributed by atoms with E-state index in [-0.39, 0.29) is 11.2 Å². The molecule has 1 aromatic rings. The molecule has 1 saturated heterocycles. The lowest BCUT2D eigenvalue weighted by Crippen LogP contribution is -2.46. The minimum atomic E-state index is -0.289. The van der Waals surface area contributed by atoms with Crippen LogP contribution >= 0.6 is 0 Å². The zero-order valence-electron chi connectivity index (χ0n) is 11.1. The lowest BCUT2D eigenvalue weighted by atomic mass is 10.1. The van der Waals surface area contributed by atoms with Crippen molar-refractivity contribution in [3.8, 4) is 0 Å². The zero-order valence-corrected chi connectivity index (χ0v) is 11.1. The van der Waals surface area contributed by atoms with Crippen LogP contribution < -0.4 is 21.5 Å². The van der Waals surface area contributed by atoms with Gasteiger partial charge in [0.05, 0.1) is 0 Å². The van der Waals surface area contributed by atoms with Gasteiger partial charge in [0.25, 0.3) is 5.56 Å². The van der Waals surface area contributed by atoms with Crippen molar-refractivity contribution in [3.05, 3.63) is 27.0 Å². The summed E-state index contributed by atoms with van der Waals surface area (Å²) in [5.41, 5.74) is 0.0769. The molecule has 0 aliphatic carbocycles. The number of nitrogens with zero attached hydrogens (tertiary/aromatic N) is 3. The maximum absolute atomic E-state index is 12.1. The smallest absolute Gasteiger partial charge is 0.330 e. The summed E-state index contributed by atoms with van der Waals surface area (Å²) in [7, 11) is 5.11. The van der Waals surface area contributed by atoms with E-state index < -0.39 is 0 Å². The van der Waals surface area contributed by atoms with E-state index in [4.69, 9.17) is 0 Å². The second-order valence-corrected chi connectivity index (χ2v) is 4.86. The monoisotopic (exact) mass is 252 g/mol. The molecule has 6 heteroatoms. The van der Waals surface area contributed by atoms with Crippen LogP contribution in [-0.2, 0) is 14.1 Å². The largest absolute Gasteiger partial charge is 0.366 e. The van der Waals surface area contributed by atoms with Gasteiger partial charge in [-0.25, -0.2) is 4.79 Å². The fourth-order valence-electron chi connectivity index (χ4n) is 2.42. The van der Waals surface area contributed by atoms with Gasteiger partial charge in [0.15, 0.2) is 0 Å². The first-order chi connectivity index (χ1) is 8.52. The molecule has 1 aromatic heterocycles. The molecule has 2 rings (SSSR count). The minimum absolute atomic E-state index is 0.223. The molecule has 0 bridgehead atoms. The Labute approximate surface area is 106 Å². The van der Waals surface area contributed by atoms with Crippen LogP contribution in [0.5, 0.6) is 0 Å². The Morgan fingerprint density at radius 2 is 1.89 bits per heavy atom. The Kier molecular flexibility index (Phi) is 3.56. The van der Waals surface area contributed by atoms with Crippen LogP contribution in [0.25, 0.3) is 0 Å². The lowest BCUT2D eigenvalue weighted by Gasteiger charge is -2.32. The van der Waals surface area contributed by atoms with Gasteiger partial charge in [-0.2, -0.15) is 0 Å². The lowest BCUT2D eigenvalue weighted by molar-refractivity contribution is 0.441. The van der Waals surface area contributed by atoms with Gasteiger partial charge in [-0.05, 0) is 25.9 Å². The summed E-state index contributed by atoms with van der Waals surface area (Å²) in [4.78, 5) is 25.8. The highest BCUT2D eigenvalue weighted by molar-refractivity contribution is 5.42. The Morgan fingerprint density at radius 1 is 1.28 bits per heavy atom. The number of hydrogen-bond donors (Lipinski definition) is 1. The van der Waals surface area contributed by atoms with Crippen LogP contribution in [0.1, 0.15) is 12.8 Å². The fourth-order valence-corrected chi connectivity index (χ4v) is 2.42. The van der Waals surface area contributed by atoms with Gasteiger partial charge in [0.1, 0.15) is 5.69 Å². The third-order valence-electron chi connectivity index (χ3n) is 3.66. The molecule has 0 unspecified atom stereocenters. The van der Waals surface area contributed by atoms with Crippen molar-refractivity contribution in [1.82, 2.24) is 14.5 Å². The molecule has 0 atom stereocenters. The van der Waals surface area contributed by atoms with Crippen LogP contribution in [-0.4, -0.2) is 35.3 Å². The van der Waals surface area contributed by atoms with Crippen LogP contribution in [0.3, 0.4) is 0 Å². The topological polar surface area (TPSA) is 59.3 Å². The number of rotatable bonds is 2. The number of aryl methyl sites for hydroxylation is 1. The van der Waals surface area contributed by atoms with E-state index in [0.29, 0.717) is 11.7 Å². The van der Waals surface area contributed by atoms with Crippen LogP contribution in [0.2, 0.25) is 0 Å². The van der Waals surface area contributed by atoms with Gasteiger partial charge in [0, 0.05) is 33.4 Å². The van der Waals surface area contributed by atoms with Gasteiger partial charge in [-0.1, -0.05) is 0 Å². The molecular weight excluding hydrogens is 232 g/mol. The quantitative estimate of drug-likeness (QED) is 0.754. The van der Waals surface area contributed by atoms with E-state index in [2.05, 4.69) is 5.32 Å². The highest BCUT2D eigenvalue weighted by Gasteiger charge is 2.21. The van der Waals surface area contributed by atoms with E-state index >= 15 is 0 Å². The second-order valence-electron chi connectivity index (χ2n) is 4.86. The number of aromatic nitrogens is 2. The average molecular weight is 252 g/mol. The van der Waals surface area contributed by atoms with Gasteiger partial charge in [0.2, 0.25) is 0 Å². The molecule has 0 aromatic carbocycles. The molecular formula is C12H20N4O2. The molecule has 1 N–H and O–H groups in total. The summed E-state index contributed by atoms with van der Waals surface area (Å²) in [6.07, 6.45) is 3.66. The predicted octanol–water partition coefficient (Wildman–Crippen LogP) is -0.728. The van der Waals surface area contributed by atoms with Gasteiger partial charge in [-0.15, -0.1) is 0 Å². The summed E-state index contributed by atoms with van der Waals surface area (Å²) in [5.74, 6) is 0. The Morgan fingerprint density at radius 3 is 2.50 bits per heavy atom. The van der Waals surface area contributed by atoms with E-state index in [1.54, 1.807) is 13.2 Å². The summed E-state index contributed by atoms with van der Waals surface area (Å²) in [5, 5.41) is 3.30. The van der Waals surface area contributed by atoms with Crippen molar-refractivity contribution in [2.45, 2.75) is 18.9 Å². The van der Waals surface area contributed by atoms with E-state index in [9.17, 15) is 9.59 Å². The SMILES string of the molecule is CN(c1cn(C)c(=O)n(C)c1=O)C1CCNCC1. The molecule has 0 saturated carbocycles. The first kappa shape index (κ1) is 12.9. The number of anilines is 1. The molecule has 0 amide bonds. The van der Waals surface area contributed by atoms with Crippen LogP contribution in [0.4, 0.5) is 5.69 Å². The molecule has 2 heterocycles. The zero-order chi connectivity index (χ0) is 13.3. The number of hydrogen-bond acceptors (Lipinski definition) is 4. The second kappa shape index (κ2) is 4.97. The van der Waals surface area contributed by atoms with Crippen molar-refractivity contribution in [3.63, 3.8) is 0 Å². The Bertz CT molecular complexity index is 540. The van der Waals surface area contributed by atoms with Gasteiger partial charge < -0.3 is 14.8 Å². The maximum Gasteiger partial charge on any atom is 0.330 e. The van der Waals surface area contributed by atoms with Crippen LogP contribution in [0.15, 0.2) is 15.8 Å². The molecule has 6 nitrogen and oxygen atoms in total. The first-order valence-electron chi connectivity index (χ1n) is 6.22. The number of nitrogens with one attached hydrogen (secondary N) is 1. The van der Waals surface area contributed by atoms with Crippen molar-refractivity contribution in [1.29, 1.82) is 0 Å². The molecule has 1 aliphatic rings. The minimum Gasteiger partial charge on any atom is -0.366 e. The Balaban J connectivity index is 2.38. The van der Waals surface area contributed by atoms with E-state index in [1.165, 1.54) is 11.6 Å². The van der Waals surface area contributed by atoms with Gasteiger partial charge >= 0.3 is 5.69 Å². The standard InChI is InChI=1S/C12H20N4O2/c1-14-8-10(11(17)16(3)12(14)18)15(2)9-4-6-13-7-5-9/h8-9,13H,4-7H2,1-3H3. The van der Waals surface area contributed by atoms with Gasteiger partial charge in [-0.3, -0.25) is 9.36 Å². The fraction of sp³-hybridized carbons (Fsp3) is 0.667. The third-order valence-corrected chi connectivity index (χ3v) is 3.66. The summed E-state index contributed by atoms with van der Waals surface area (Å²) in [6, 6.07) is 0.358. The first-order valence-corrected chi connectivity index (χ1v) is 6.22. The molecule has 1 fully saturated rings. The maximum atomic E-state index is 12.1. The van der Waals surface area contributed by atoms with Crippen LogP contribution in [0, 0.1) is 0 Å². The molecule has 1 aliphatic heterocycles. The molecule has 0 radical (unpaired) electrons. The highest BCUT2D eigenvalue weighted by Crippen LogP contribution is 2.15. The van der Waals surface area contributed by atoms with Crippen molar-refractivity contribution >= 4 is 5.69 Å². The predicted molar refractivity (Wildman–Crippen MR) is 71.2 cm³/mol. The number of piperidine rings is 1. The van der Waals surface area contributed by atoms with Crippen molar-refractivity contribution in [2.24, 2.45) is 14.1 Å². The normalized spacial score (nSPS) is 16.8. The summed E-state index contributed by atoms with van der Waals surface area (Å²) < 4.78 is 2.61.